The van der Waals surface area contributed by atoms with Crippen molar-refractivity contribution in [1.82, 2.24) is 14.6 Å². The lowest BCUT2D eigenvalue weighted by Gasteiger charge is -2.04. The monoisotopic (exact) mass is 333 g/mol. The van der Waals surface area contributed by atoms with E-state index in [1.54, 1.807) is 16.7 Å². The molecule has 0 bridgehead atoms. The summed E-state index contributed by atoms with van der Waals surface area (Å²) >= 11 is 3.36. The third-order valence-electron chi connectivity index (χ3n) is 2.85. The lowest BCUT2D eigenvalue weighted by Crippen LogP contribution is -1.97. The Bertz CT molecular complexity index is 830. The van der Waals surface area contributed by atoms with Crippen molar-refractivity contribution in [2.75, 3.05) is 5.73 Å². The van der Waals surface area contributed by atoms with Crippen LogP contribution in [0.5, 0.6) is 0 Å². The van der Waals surface area contributed by atoms with Crippen molar-refractivity contribution in [2.45, 2.75) is 0 Å². The zero-order valence-corrected chi connectivity index (χ0v) is 11.6. The number of nitrogen functional groups attached to an aromatic ring is 1. The summed E-state index contributed by atoms with van der Waals surface area (Å²) in [5.41, 5.74) is 7.37. The van der Waals surface area contributed by atoms with Crippen LogP contribution in [0, 0.1) is 10.1 Å². The molecular formula is C12H8BrN5O2. The highest BCUT2D eigenvalue weighted by molar-refractivity contribution is 9.10. The van der Waals surface area contributed by atoms with Crippen LogP contribution in [0.2, 0.25) is 0 Å². The van der Waals surface area contributed by atoms with Gasteiger partial charge in [0.25, 0.3) is 5.69 Å². The first-order valence-corrected chi connectivity index (χ1v) is 6.40. The van der Waals surface area contributed by atoms with Crippen molar-refractivity contribution in [2.24, 2.45) is 0 Å². The van der Waals surface area contributed by atoms with E-state index in [1.165, 1.54) is 18.2 Å². The maximum Gasteiger partial charge on any atom is 0.270 e. The van der Waals surface area contributed by atoms with Crippen molar-refractivity contribution >= 4 is 33.0 Å². The molecule has 0 fully saturated rings. The molecule has 0 saturated carbocycles. The lowest BCUT2D eigenvalue weighted by atomic mass is 10.1. The fourth-order valence-electron chi connectivity index (χ4n) is 1.90. The van der Waals surface area contributed by atoms with Gasteiger partial charge in [0.05, 0.1) is 4.92 Å². The average molecular weight is 334 g/mol. The minimum absolute atomic E-state index is 0.0408. The number of nitrogens with zero attached hydrogens (tertiary/aromatic N) is 4. The number of aromatic nitrogens is 3. The molecule has 0 radical (unpaired) electrons. The Hall–Kier alpha value is -2.48. The van der Waals surface area contributed by atoms with Gasteiger partial charge in [0.1, 0.15) is 0 Å². The second-order valence-corrected chi connectivity index (χ2v) is 5.04. The highest BCUT2D eigenvalue weighted by Crippen LogP contribution is 2.29. The topological polar surface area (TPSA) is 99.3 Å². The Morgan fingerprint density at radius 3 is 2.80 bits per heavy atom. The normalized spacial score (nSPS) is 10.8. The summed E-state index contributed by atoms with van der Waals surface area (Å²) in [5, 5.41) is 18.9. The van der Waals surface area contributed by atoms with E-state index in [0.29, 0.717) is 22.7 Å². The number of benzene rings is 1. The molecule has 100 valence electrons. The molecule has 8 heteroatoms. The van der Waals surface area contributed by atoms with E-state index in [4.69, 9.17) is 5.73 Å². The molecular weight excluding hydrogens is 326 g/mol. The van der Waals surface area contributed by atoms with Gasteiger partial charge in [-0.1, -0.05) is 0 Å². The van der Waals surface area contributed by atoms with E-state index in [1.807, 2.05) is 6.07 Å². The summed E-state index contributed by atoms with van der Waals surface area (Å²) < 4.78 is 2.56. The van der Waals surface area contributed by atoms with Crippen LogP contribution >= 0.6 is 15.9 Å². The van der Waals surface area contributed by atoms with Crippen LogP contribution < -0.4 is 5.73 Å². The van der Waals surface area contributed by atoms with Gasteiger partial charge < -0.3 is 5.73 Å². The number of nitrogens with two attached hydrogens (primary N) is 1. The Morgan fingerprint density at radius 2 is 2.05 bits per heavy atom. The average Bonchev–Trinajstić information content (AvgIpc) is 2.82. The predicted octanol–water partition coefficient (Wildman–Crippen LogP) is 2.65. The first kappa shape index (κ1) is 12.5. The molecule has 0 aliphatic rings. The van der Waals surface area contributed by atoms with E-state index in [2.05, 4.69) is 26.1 Å². The van der Waals surface area contributed by atoms with Crippen molar-refractivity contribution in [3.05, 3.63) is 51.1 Å². The van der Waals surface area contributed by atoms with Crippen LogP contribution in [-0.2, 0) is 0 Å². The van der Waals surface area contributed by atoms with Gasteiger partial charge in [-0.15, -0.1) is 10.2 Å². The molecule has 3 rings (SSSR count). The third-order valence-corrected chi connectivity index (χ3v) is 3.32. The van der Waals surface area contributed by atoms with Crippen molar-refractivity contribution in [3.8, 4) is 11.4 Å². The highest BCUT2D eigenvalue weighted by Gasteiger charge is 2.15. The second kappa shape index (κ2) is 4.57. The van der Waals surface area contributed by atoms with Crippen LogP contribution in [0.25, 0.3) is 17.0 Å². The van der Waals surface area contributed by atoms with Gasteiger partial charge in [-0.25, -0.2) is 0 Å². The predicted molar refractivity (Wildman–Crippen MR) is 77.2 cm³/mol. The summed E-state index contributed by atoms with van der Waals surface area (Å²) in [6, 6.07) is 7.87. The van der Waals surface area contributed by atoms with E-state index in [-0.39, 0.29) is 5.69 Å². The Labute approximate surface area is 121 Å². The zero-order chi connectivity index (χ0) is 14.3. The summed E-state index contributed by atoms with van der Waals surface area (Å²) in [5.74, 6) is 0.461. The number of hydrogen-bond acceptors (Lipinski definition) is 5. The molecule has 20 heavy (non-hydrogen) atoms. The molecule has 0 unspecified atom stereocenters. The van der Waals surface area contributed by atoms with Gasteiger partial charge in [-0.2, -0.15) is 0 Å². The maximum absolute atomic E-state index is 10.9. The quantitative estimate of drug-likeness (QED) is 0.441. The van der Waals surface area contributed by atoms with Gasteiger partial charge in [-0.05, 0) is 34.1 Å². The lowest BCUT2D eigenvalue weighted by molar-refractivity contribution is -0.384. The van der Waals surface area contributed by atoms with Crippen LogP contribution in [0.3, 0.4) is 0 Å². The van der Waals surface area contributed by atoms with Gasteiger partial charge in [0.2, 0.25) is 0 Å². The number of nitro benzene ring substituents is 1. The number of halogens is 1. The highest BCUT2D eigenvalue weighted by atomic mass is 79.9. The third kappa shape index (κ3) is 1.99. The maximum atomic E-state index is 10.9. The summed E-state index contributed by atoms with van der Waals surface area (Å²) in [4.78, 5) is 10.4. The van der Waals surface area contributed by atoms with E-state index in [0.717, 1.165) is 4.47 Å². The molecule has 2 heterocycles. The minimum Gasteiger partial charge on any atom is -0.398 e. The van der Waals surface area contributed by atoms with Crippen molar-refractivity contribution in [3.63, 3.8) is 0 Å². The molecule has 1 aromatic carbocycles. The van der Waals surface area contributed by atoms with Crippen LogP contribution in [0.15, 0.2) is 41.0 Å². The second-order valence-electron chi connectivity index (χ2n) is 4.13. The molecule has 2 aromatic heterocycles. The SMILES string of the molecule is Nc1ccc([N+](=O)[O-])cc1-c1nnc2ccc(Br)cn12. The van der Waals surface area contributed by atoms with Gasteiger partial charge in [0.15, 0.2) is 11.5 Å². The van der Waals surface area contributed by atoms with Crippen LogP contribution in [0.4, 0.5) is 11.4 Å². The number of fused-ring (bicyclic) bond motifs is 1. The number of hydrogen-bond donors (Lipinski definition) is 1. The van der Waals surface area contributed by atoms with E-state index >= 15 is 0 Å². The van der Waals surface area contributed by atoms with Crippen LogP contribution in [0.1, 0.15) is 0 Å². The number of non-ortho nitro benzene ring substituents is 1. The molecule has 3 aromatic rings. The fraction of sp³-hybridized carbons (Fsp3) is 0. The standard InChI is InChI=1S/C12H8BrN5O2/c13-7-1-4-11-15-16-12(17(11)6-7)9-5-8(18(19)20)2-3-10(9)14/h1-6H,14H2. The molecule has 0 aliphatic heterocycles. The number of anilines is 1. The van der Waals surface area contributed by atoms with Crippen molar-refractivity contribution in [1.29, 1.82) is 0 Å². The zero-order valence-electron chi connectivity index (χ0n) is 10.0. The van der Waals surface area contributed by atoms with Gasteiger partial charge in [-0.3, -0.25) is 14.5 Å². The Balaban J connectivity index is 2.27. The molecule has 0 amide bonds. The largest absolute Gasteiger partial charge is 0.398 e. The van der Waals surface area contributed by atoms with E-state index in [9.17, 15) is 10.1 Å². The van der Waals surface area contributed by atoms with E-state index < -0.39 is 4.92 Å². The molecule has 7 nitrogen and oxygen atoms in total. The molecule has 0 atom stereocenters. The molecule has 0 saturated heterocycles. The van der Waals surface area contributed by atoms with Crippen LogP contribution in [-0.4, -0.2) is 19.5 Å². The number of rotatable bonds is 2. The first-order valence-electron chi connectivity index (χ1n) is 5.61. The Kier molecular flexibility index (Phi) is 2.87. The smallest absolute Gasteiger partial charge is 0.270 e. The first-order chi connectivity index (χ1) is 9.56. The van der Waals surface area contributed by atoms with Crippen molar-refractivity contribution < 1.29 is 4.92 Å². The fourth-order valence-corrected chi connectivity index (χ4v) is 2.24. The van der Waals surface area contributed by atoms with Gasteiger partial charge >= 0.3 is 0 Å². The number of pyridine rings is 1. The summed E-state index contributed by atoms with van der Waals surface area (Å²) in [7, 11) is 0. The summed E-state index contributed by atoms with van der Waals surface area (Å²) in [6.07, 6.45) is 1.78. The Morgan fingerprint density at radius 1 is 1.25 bits per heavy atom. The number of nitro groups is 1. The molecule has 0 aliphatic carbocycles. The summed E-state index contributed by atoms with van der Waals surface area (Å²) in [6.45, 7) is 0. The molecule has 2 N–H and O–H groups in total. The minimum atomic E-state index is -0.470. The van der Waals surface area contributed by atoms with Gasteiger partial charge in [0, 0.05) is 34.1 Å². The molecule has 0 spiro atoms.